The Morgan fingerprint density at radius 3 is 1.85 bits per heavy atom. The van der Waals surface area contributed by atoms with Crippen LogP contribution in [0.4, 0.5) is 22.7 Å². The number of carbonyl (C=O) groups is 5. The maximum Gasteiger partial charge on any atom is 0.342 e. The standard InChI is InChI=1S/C42H41N7O10/c1-6-19-57-35-28(40(52)48-31-16-12-29(42(54)59-21-8-3)36(38(31)56-5)58-20-7-2)11-15-32(37(35)55-4)49-41(53)33-14-10-27(24-46-33)47-39(51)25(17-18-43)22-34(50)30-13-9-26(44)23-45-30/h6-16,23-25H,1-3,17,19-22,44H2,4-5H3,(H,47,51)(H,48,52)(H,49,53)/t25-/m1/s1. The van der Waals surface area contributed by atoms with Crippen LogP contribution in [0.2, 0.25) is 0 Å². The molecule has 0 unspecified atom stereocenters. The fourth-order valence-electron chi connectivity index (χ4n) is 5.34. The number of nitrogen functional groups attached to an aromatic ring is 1. The Balaban J connectivity index is 1.54. The molecule has 4 rings (SSSR count). The highest BCUT2D eigenvalue weighted by molar-refractivity contribution is 6.10. The van der Waals surface area contributed by atoms with Crippen LogP contribution >= 0.6 is 0 Å². The summed E-state index contributed by atoms with van der Waals surface area (Å²) in [6.07, 6.45) is 6.38. The molecule has 17 heteroatoms. The van der Waals surface area contributed by atoms with E-state index in [1.807, 2.05) is 6.07 Å². The number of nitrogens with zero attached hydrogens (tertiary/aromatic N) is 3. The summed E-state index contributed by atoms with van der Waals surface area (Å²) < 4.78 is 27.9. The lowest BCUT2D eigenvalue weighted by atomic mass is 9.96. The Morgan fingerprint density at radius 1 is 0.729 bits per heavy atom. The maximum atomic E-state index is 13.8. The summed E-state index contributed by atoms with van der Waals surface area (Å²) in [7, 11) is 2.65. The average molecular weight is 804 g/mol. The summed E-state index contributed by atoms with van der Waals surface area (Å²) in [5, 5.41) is 17.3. The van der Waals surface area contributed by atoms with Crippen molar-refractivity contribution < 1.29 is 47.7 Å². The number of nitriles is 1. The van der Waals surface area contributed by atoms with Crippen molar-refractivity contribution >= 4 is 52.2 Å². The molecule has 2 aromatic carbocycles. The zero-order valence-electron chi connectivity index (χ0n) is 32.2. The molecule has 0 saturated carbocycles. The number of nitrogens with two attached hydrogens (primary N) is 1. The number of pyridine rings is 2. The summed E-state index contributed by atoms with van der Waals surface area (Å²) >= 11 is 0. The monoisotopic (exact) mass is 803 g/mol. The topological polar surface area (TPSA) is 243 Å². The number of ether oxygens (including phenoxy) is 5. The van der Waals surface area contributed by atoms with Gasteiger partial charge in [0, 0.05) is 12.8 Å². The predicted octanol–water partition coefficient (Wildman–Crippen LogP) is 5.79. The van der Waals surface area contributed by atoms with Crippen molar-refractivity contribution in [2.24, 2.45) is 5.92 Å². The Hall–Kier alpha value is -8.00. The Labute approximate surface area is 339 Å². The van der Waals surface area contributed by atoms with Crippen LogP contribution in [0.3, 0.4) is 0 Å². The molecule has 0 saturated heterocycles. The van der Waals surface area contributed by atoms with Crippen LogP contribution in [0, 0.1) is 17.2 Å². The summed E-state index contributed by atoms with van der Waals surface area (Å²) in [4.78, 5) is 73.9. The number of amides is 3. The number of hydrogen-bond acceptors (Lipinski definition) is 14. The number of hydrogen-bond donors (Lipinski definition) is 4. The van der Waals surface area contributed by atoms with Gasteiger partial charge < -0.3 is 45.4 Å². The number of benzene rings is 2. The second kappa shape index (κ2) is 21.3. The fourth-order valence-corrected chi connectivity index (χ4v) is 5.34. The third kappa shape index (κ3) is 11.3. The second-order valence-electron chi connectivity index (χ2n) is 12.1. The van der Waals surface area contributed by atoms with Crippen LogP contribution in [-0.2, 0) is 9.53 Å². The van der Waals surface area contributed by atoms with Gasteiger partial charge in [0.05, 0.1) is 66.9 Å². The van der Waals surface area contributed by atoms with Gasteiger partial charge in [-0.15, -0.1) is 0 Å². The number of ketones is 1. The van der Waals surface area contributed by atoms with E-state index < -0.39 is 35.4 Å². The molecule has 2 heterocycles. The minimum atomic E-state index is -0.987. The third-order valence-corrected chi connectivity index (χ3v) is 8.09. The van der Waals surface area contributed by atoms with Crippen molar-refractivity contribution in [3.05, 3.63) is 121 Å². The molecule has 2 aromatic heterocycles. The van der Waals surface area contributed by atoms with Gasteiger partial charge in [-0.2, -0.15) is 5.26 Å². The van der Waals surface area contributed by atoms with Gasteiger partial charge in [0.2, 0.25) is 5.91 Å². The molecule has 304 valence electrons. The second-order valence-corrected chi connectivity index (χ2v) is 12.1. The number of Topliss-reactive ketones (excluding diaryl/α,β-unsaturated/α-hetero) is 1. The van der Waals surface area contributed by atoms with E-state index in [1.165, 1.54) is 93.4 Å². The molecule has 5 N–H and O–H groups in total. The normalized spacial score (nSPS) is 10.7. The van der Waals surface area contributed by atoms with Crippen LogP contribution in [0.1, 0.15) is 54.5 Å². The van der Waals surface area contributed by atoms with Crippen LogP contribution in [0.25, 0.3) is 0 Å². The van der Waals surface area contributed by atoms with E-state index in [-0.39, 0.29) is 95.2 Å². The van der Waals surface area contributed by atoms with E-state index in [4.69, 9.17) is 29.4 Å². The lowest BCUT2D eigenvalue weighted by Crippen LogP contribution is -2.25. The van der Waals surface area contributed by atoms with Crippen molar-refractivity contribution in [2.75, 3.05) is 55.7 Å². The van der Waals surface area contributed by atoms with Gasteiger partial charge in [0.25, 0.3) is 11.8 Å². The van der Waals surface area contributed by atoms with Crippen LogP contribution in [0.5, 0.6) is 23.0 Å². The minimum absolute atomic E-state index is 0.00457. The van der Waals surface area contributed by atoms with Crippen molar-refractivity contribution in [3.8, 4) is 29.1 Å². The molecule has 17 nitrogen and oxygen atoms in total. The van der Waals surface area contributed by atoms with Crippen molar-refractivity contribution in [1.29, 1.82) is 5.26 Å². The number of carbonyl (C=O) groups excluding carboxylic acids is 5. The molecule has 3 amide bonds. The molecule has 4 aromatic rings. The number of rotatable bonds is 21. The van der Waals surface area contributed by atoms with E-state index >= 15 is 0 Å². The summed E-state index contributed by atoms with van der Waals surface area (Å²) in [5.74, 6) is -4.12. The van der Waals surface area contributed by atoms with Gasteiger partial charge in [-0.25, -0.2) is 9.78 Å². The van der Waals surface area contributed by atoms with Gasteiger partial charge in [-0.1, -0.05) is 38.0 Å². The van der Waals surface area contributed by atoms with E-state index in [9.17, 15) is 29.2 Å². The first-order valence-electron chi connectivity index (χ1n) is 17.7. The fraction of sp³-hybridized carbons (Fsp3) is 0.190. The quantitative estimate of drug-likeness (QED) is 0.0443. The lowest BCUT2D eigenvalue weighted by Gasteiger charge is -2.20. The van der Waals surface area contributed by atoms with Gasteiger partial charge in [0.15, 0.2) is 28.8 Å². The van der Waals surface area contributed by atoms with E-state index in [1.54, 1.807) is 0 Å². The smallest absolute Gasteiger partial charge is 0.342 e. The first-order chi connectivity index (χ1) is 28.5. The Morgan fingerprint density at radius 2 is 1.31 bits per heavy atom. The molecule has 0 fully saturated rings. The lowest BCUT2D eigenvalue weighted by molar-refractivity contribution is -0.119. The molecule has 0 spiro atoms. The molecule has 0 radical (unpaired) electrons. The molecular formula is C42H41N7O10. The summed E-state index contributed by atoms with van der Waals surface area (Å²) in [6, 6.07) is 13.3. The molecule has 0 aliphatic heterocycles. The summed E-state index contributed by atoms with van der Waals surface area (Å²) in [6.45, 7) is 10.8. The minimum Gasteiger partial charge on any atom is -0.491 e. The Kier molecular flexibility index (Phi) is 15.8. The molecular weight excluding hydrogens is 763 g/mol. The van der Waals surface area contributed by atoms with Crippen molar-refractivity contribution in [2.45, 2.75) is 12.8 Å². The molecule has 1 atom stereocenters. The Bertz CT molecular complexity index is 2270. The number of nitrogens with one attached hydrogen (secondary N) is 3. The molecule has 0 bridgehead atoms. The van der Waals surface area contributed by atoms with E-state index in [2.05, 4.69) is 45.7 Å². The van der Waals surface area contributed by atoms with Crippen molar-refractivity contribution in [1.82, 2.24) is 9.97 Å². The number of aromatic nitrogens is 2. The van der Waals surface area contributed by atoms with Crippen LogP contribution in [-0.4, -0.2) is 73.5 Å². The number of methoxy groups -OCH3 is 2. The van der Waals surface area contributed by atoms with Crippen LogP contribution in [0.15, 0.2) is 98.9 Å². The highest BCUT2D eigenvalue weighted by Crippen LogP contribution is 2.42. The van der Waals surface area contributed by atoms with E-state index in [0.717, 1.165) is 0 Å². The first kappa shape index (κ1) is 43.7. The van der Waals surface area contributed by atoms with Crippen LogP contribution < -0.4 is 40.6 Å². The highest BCUT2D eigenvalue weighted by Gasteiger charge is 2.27. The zero-order chi connectivity index (χ0) is 42.9. The predicted molar refractivity (Wildman–Crippen MR) is 218 cm³/mol. The first-order valence-corrected chi connectivity index (χ1v) is 17.7. The molecule has 0 aliphatic carbocycles. The third-order valence-electron chi connectivity index (χ3n) is 8.09. The highest BCUT2D eigenvalue weighted by atomic mass is 16.5. The number of esters is 1. The average Bonchev–Trinajstić information content (AvgIpc) is 3.24. The van der Waals surface area contributed by atoms with Gasteiger partial charge in [-0.05, 0) is 48.5 Å². The summed E-state index contributed by atoms with van der Waals surface area (Å²) in [5.41, 5.74) is 6.54. The maximum absolute atomic E-state index is 13.8. The number of anilines is 4. The van der Waals surface area contributed by atoms with Gasteiger partial charge >= 0.3 is 5.97 Å². The largest absolute Gasteiger partial charge is 0.491 e. The van der Waals surface area contributed by atoms with Crippen molar-refractivity contribution in [3.63, 3.8) is 0 Å². The van der Waals surface area contributed by atoms with Gasteiger partial charge in [-0.3, -0.25) is 24.2 Å². The molecule has 0 aliphatic rings. The van der Waals surface area contributed by atoms with Gasteiger partial charge in [0.1, 0.15) is 36.8 Å². The molecule has 59 heavy (non-hydrogen) atoms. The zero-order valence-corrected chi connectivity index (χ0v) is 32.2. The van der Waals surface area contributed by atoms with E-state index in [0.29, 0.717) is 5.69 Å². The SMILES string of the molecule is C=CCOC(=O)c1ccc(NC(=O)c2ccc(NC(=O)c3ccc(NC(=O)[C@H](CC#N)CC(=O)c4ccc(N)cn4)cn3)c(OC)c2OCC=C)c(OC)c1OCC=C.